The number of aromatic amines is 1. The van der Waals surface area contributed by atoms with Crippen LogP contribution in [0.2, 0.25) is 0 Å². The van der Waals surface area contributed by atoms with Crippen molar-refractivity contribution in [2.24, 2.45) is 5.92 Å². The summed E-state index contributed by atoms with van der Waals surface area (Å²) >= 11 is 0. The number of pyridine rings is 2. The van der Waals surface area contributed by atoms with Crippen LogP contribution in [0.4, 0.5) is 17.6 Å². The van der Waals surface area contributed by atoms with Gasteiger partial charge in [-0.25, -0.2) is 4.98 Å². The molecule has 2 N–H and O–H groups in total. The number of aromatic nitrogens is 5. The van der Waals surface area contributed by atoms with Gasteiger partial charge in [-0.05, 0) is 30.9 Å². The Balaban J connectivity index is 1.28. The Morgan fingerprint density at radius 3 is 2.79 bits per heavy atom. The summed E-state index contributed by atoms with van der Waals surface area (Å²) in [5.74, 6) is 3.37. The fourth-order valence-electron chi connectivity index (χ4n) is 4.09. The lowest BCUT2D eigenvalue weighted by molar-refractivity contribution is 0.122. The summed E-state index contributed by atoms with van der Waals surface area (Å²) in [5, 5.41) is 12.7. The van der Waals surface area contributed by atoms with Gasteiger partial charge in [-0.2, -0.15) is 0 Å². The zero-order chi connectivity index (χ0) is 19.5. The van der Waals surface area contributed by atoms with Gasteiger partial charge in [0.1, 0.15) is 18.0 Å². The molecule has 0 atom stereocenters. The van der Waals surface area contributed by atoms with Crippen molar-refractivity contribution in [1.82, 2.24) is 25.1 Å². The number of nitrogens with one attached hydrogen (secondary N) is 2. The maximum Gasteiger partial charge on any atom is 0.224 e. The zero-order valence-electron chi connectivity index (χ0n) is 16.4. The molecule has 3 aromatic rings. The molecule has 0 unspecified atom stereocenters. The van der Waals surface area contributed by atoms with Gasteiger partial charge in [-0.1, -0.05) is 0 Å². The summed E-state index contributed by atoms with van der Waals surface area (Å²) in [4.78, 5) is 17.2. The Morgan fingerprint density at radius 1 is 1.14 bits per heavy atom. The fraction of sp³-hybridized carbons (Fsp3) is 0.500. The highest BCUT2D eigenvalue weighted by molar-refractivity contribution is 5.91. The zero-order valence-corrected chi connectivity index (χ0v) is 16.4. The molecule has 0 amide bonds. The first-order chi connectivity index (χ1) is 14.4. The number of hydrogen-bond donors (Lipinski definition) is 2. The molecular weight excluding hydrogens is 368 g/mol. The maximum atomic E-state index is 5.49. The van der Waals surface area contributed by atoms with Gasteiger partial charge in [0, 0.05) is 50.4 Å². The highest BCUT2D eigenvalue weighted by Crippen LogP contribution is 2.27. The highest BCUT2D eigenvalue weighted by atomic mass is 16.5. The summed E-state index contributed by atoms with van der Waals surface area (Å²) in [7, 11) is 0. The van der Waals surface area contributed by atoms with E-state index in [1.54, 1.807) is 6.33 Å². The number of nitrogens with zero attached hydrogens (tertiary/aromatic N) is 6. The second-order valence-corrected chi connectivity index (χ2v) is 7.62. The first-order valence-electron chi connectivity index (χ1n) is 10.3. The Morgan fingerprint density at radius 2 is 2.00 bits per heavy atom. The van der Waals surface area contributed by atoms with Crippen LogP contribution in [0.5, 0.6) is 0 Å². The number of piperidine rings is 1. The monoisotopic (exact) mass is 394 g/mol. The predicted molar refractivity (Wildman–Crippen MR) is 112 cm³/mol. The standard InChI is InChI=1S/C20H26N8O/c1-2-16-17(21-5-1)12-18(27-8-10-29-11-9-27)25-19(16)22-13-15-3-6-28(7-4-15)20-23-14-24-26-20/h1-2,5,12,14-15H,3-4,6-11,13H2,(H,22,25)(H,23,24,26). The van der Waals surface area contributed by atoms with Crippen molar-refractivity contribution in [3.05, 3.63) is 30.7 Å². The molecule has 2 fully saturated rings. The van der Waals surface area contributed by atoms with E-state index in [0.29, 0.717) is 5.92 Å². The average molecular weight is 394 g/mol. The third-order valence-corrected chi connectivity index (χ3v) is 5.80. The van der Waals surface area contributed by atoms with Crippen LogP contribution in [0.3, 0.4) is 0 Å². The van der Waals surface area contributed by atoms with E-state index in [4.69, 9.17) is 9.72 Å². The number of morpholine rings is 1. The van der Waals surface area contributed by atoms with E-state index in [1.165, 1.54) is 0 Å². The number of anilines is 3. The molecule has 0 aromatic carbocycles. The second-order valence-electron chi connectivity index (χ2n) is 7.62. The van der Waals surface area contributed by atoms with E-state index in [-0.39, 0.29) is 0 Å². The molecule has 9 heteroatoms. The van der Waals surface area contributed by atoms with Crippen LogP contribution >= 0.6 is 0 Å². The van der Waals surface area contributed by atoms with Crippen molar-refractivity contribution in [2.45, 2.75) is 12.8 Å². The molecule has 9 nitrogen and oxygen atoms in total. The molecule has 152 valence electrons. The molecule has 2 aliphatic rings. The van der Waals surface area contributed by atoms with Crippen molar-refractivity contribution in [1.29, 1.82) is 0 Å². The first kappa shape index (κ1) is 18.1. The van der Waals surface area contributed by atoms with E-state index in [2.05, 4.69) is 47.4 Å². The van der Waals surface area contributed by atoms with Gasteiger partial charge in [-0.15, -0.1) is 10.2 Å². The summed E-state index contributed by atoms with van der Waals surface area (Å²) < 4.78 is 5.49. The van der Waals surface area contributed by atoms with Crippen LogP contribution in [0, 0.1) is 5.92 Å². The van der Waals surface area contributed by atoms with Crippen LogP contribution in [0.25, 0.3) is 10.9 Å². The Hall–Kier alpha value is -2.94. The van der Waals surface area contributed by atoms with Gasteiger partial charge < -0.3 is 24.8 Å². The van der Waals surface area contributed by atoms with Gasteiger partial charge in [0.2, 0.25) is 5.95 Å². The van der Waals surface area contributed by atoms with E-state index in [0.717, 1.165) is 87.3 Å². The number of rotatable bonds is 5. The summed E-state index contributed by atoms with van der Waals surface area (Å²) in [5.41, 5.74) is 0.978. The minimum absolute atomic E-state index is 0.606. The molecule has 0 radical (unpaired) electrons. The number of H-pyrrole nitrogens is 1. The minimum atomic E-state index is 0.606. The quantitative estimate of drug-likeness (QED) is 0.678. The van der Waals surface area contributed by atoms with Crippen molar-refractivity contribution in [2.75, 3.05) is 61.1 Å². The van der Waals surface area contributed by atoms with Crippen LogP contribution < -0.4 is 15.1 Å². The first-order valence-corrected chi connectivity index (χ1v) is 10.3. The van der Waals surface area contributed by atoms with Gasteiger partial charge in [-0.3, -0.25) is 4.98 Å². The van der Waals surface area contributed by atoms with Crippen molar-refractivity contribution < 1.29 is 4.74 Å². The molecule has 0 bridgehead atoms. The van der Waals surface area contributed by atoms with Gasteiger partial charge in [0.05, 0.1) is 18.7 Å². The van der Waals surface area contributed by atoms with Crippen LogP contribution in [0.1, 0.15) is 12.8 Å². The third-order valence-electron chi connectivity index (χ3n) is 5.80. The smallest absolute Gasteiger partial charge is 0.224 e. The highest BCUT2D eigenvalue weighted by Gasteiger charge is 2.22. The Bertz CT molecular complexity index is 933. The van der Waals surface area contributed by atoms with E-state index in [9.17, 15) is 0 Å². The van der Waals surface area contributed by atoms with Gasteiger partial charge >= 0.3 is 0 Å². The molecule has 5 heterocycles. The predicted octanol–water partition coefficient (Wildman–Crippen LogP) is 1.91. The van der Waals surface area contributed by atoms with Crippen molar-refractivity contribution in [3.8, 4) is 0 Å². The van der Waals surface area contributed by atoms with E-state index in [1.807, 2.05) is 12.3 Å². The van der Waals surface area contributed by atoms with E-state index < -0.39 is 0 Å². The second kappa shape index (κ2) is 8.20. The normalized spacial score (nSPS) is 18.3. The molecule has 3 aromatic heterocycles. The molecule has 2 saturated heterocycles. The summed E-state index contributed by atoms with van der Waals surface area (Å²) in [6.45, 7) is 6.11. The van der Waals surface area contributed by atoms with Crippen molar-refractivity contribution in [3.63, 3.8) is 0 Å². The lowest BCUT2D eigenvalue weighted by Gasteiger charge is -2.32. The number of hydrogen-bond acceptors (Lipinski definition) is 8. The topological polar surface area (TPSA) is 95.1 Å². The largest absolute Gasteiger partial charge is 0.378 e. The third kappa shape index (κ3) is 3.95. The lowest BCUT2D eigenvalue weighted by atomic mass is 9.97. The number of fused-ring (bicyclic) bond motifs is 1. The Labute approximate surface area is 169 Å². The van der Waals surface area contributed by atoms with Gasteiger partial charge in [0.25, 0.3) is 0 Å². The average Bonchev–Trinajstić information content (AvgIpc) is 3.33. The minimum Gasteiger partial charge on any atom is -0.378 e. The molecule has 0 aliphatic carbocycles. The fourth-order valence-corrected chi connectivity index (χ4v) is 4.09. The Kier molecular flexibility index (Phi) is 5.12. The molecule has 0 spiro atoms. The molecular formula is C20H26N8O. The SMILES string of the molecule is c1cnc2cc(N3CCOCC3)nc(NCC3CCN(c4nnc[nH]4)CC3)c2c1. The maximum absolute atomic E-state index is 5.49. The van der Waals surface area contributed by atoms with Crippen molar-refractivity contribution >= 4 is 28.5 Å². The van der Waals surface area contributed by atoms with E-state index >= 15 is 0 Å². The summed E-state index contributed by atoms with van der Waals surface area (Å²) in [6.07, 6.45) is 5.71. The molecule has 5 rings (SSSR count). The summed E-state index contributed by atoms with van der Waals surface area (Å²) in [6, 6.07) is 6.15. The molecule has 2 aliphatic heterocycles. The molecule has 0 saturated carbocycles. The van der Waals surface area contributed by atoms with Crippen LogP contribution in [-0.4, -0.2) is 71.1 Å². The van der Waals surface area contributed by atoms with Crippen LogP contribution in [-0.2, 0) is 4.74 Å². The van der Waals surface area contributed by atoms with Gasteiger partial charge in [0.15, 0.2) is 0 Å². The molecule has 29 heavy (non-hydrogen) atoms. The number of ether oxygens (including phenoxy) is 1. The van der Waals surface area contributed by atoms with Crippen LogP contribution in [0.15, 0.2) is 30.7 Å². The lowest BCUT2D eigenvalue weighted by Crippen LogP contribution is -2.37.